The molecule has 7 nitrogen and oxygen atoms in total. The lowest BCUT2D eigenvalue weighted by Gasteiger charge is -2.40. The lowest BCUT2D eigenvalue weighted by atomic mass is 9.86. The molecule has 1 heterocycles. The minimum absolute atomic E-state index is 0.0808. The average molecular weight is 468 g/mol. The summed E-state index contributed by atoms with van der Waals surface area (Å²) in [6.07, 6.45) is 6.10. The van der Waals surface area contributed by atoms with E-state index in [1.807, 2.05) is 17.0 Å². The molecule has 2 aromatic rings. The molecule has 1 unspecified atom stereocenters. The summed E-state index contributed by atoms with van der Waals surface area (Å²) in [4.78, 5) is 27.3. The monoisotopic (exact) mass is 467 g/mol. The van der Waals surface area contributed by atoms with Gasteiger partial charge >= 0.3 is 5.97 Å². The summed E-state index contributed by atoms with van der Waals surface area (Å²) in [5.41, 5.74) is 2.63. The third-order valence-electron chi connectivity index (χ3n) is 6.92. The Bertz CT molecular complexity index is 1010. The van der Waals surface area contributed by atoms with Crippen molar-refractivity contribution in [2.24, 2.45) is 5.92 Å². The van der Waals surface area contributed by atoms with Gasteiger partial charge in [0, 0.05) is 12.5 Å². The molecule has 4 rings (SSSR count). The van der Waals surface area contributed by atoms with Gasteiger partial charge in [0.25, 0.3) is 0 Å². The fraction of sp³-hybridized carbons (Fsp3) is 0.481. The molecule has 1 aliphatic heterocycles. The fourth-order valence-corrected chi connectivity index (χ4v) is 5.04. The molecule has 0 saturated heterocycles. The smallest absolute Gasteiger partial charge is 0.337 e. The number of carbonyl (C=O) groups is 2. The maximum Gasteiger partial charge on any atom is 0.337 e. The Labute approximate surface area is 200 Å². The number of hydrogen-bond acceptors (Lipinski definition) is 6. The van der Waals surface area contributed by atoms with Crippen LogP contribution in [0.15, 0.2) is 36.4 Å². The number of esters is 1. The molecule has 0 radical (unpaired) electrons. The molecule has 7 heteroatoms. The first-order chi connectivity index (χ1) is 16.5. The maximum absolute atomic E-state index is 13.6. The van der Waals surface area contributed by atoms with Gasteiger partial charge in [-0.1, -0.05) is 19.3 Å². The van der Waals surface area contributed by atoms with E-state index < -0.39 is 5.97 Å². The van der Waals surface area contributed by atoms with Crippen LogP contribution in [0.5, 0.6) is 17.2 Å². The number of rotatable bonds is 7. The number of fused-ring (bicyclic) bond motifs is 1. The van der Waals surface area contributed by atoms with Crippen LogP contribution in [0.2, 0.25) is 0 Å². The molecular weight excluding hydrogens is 434 g/mol. The number of benzene rings is 2. The zero-order chi connectivity index (χ0) is 24.1. The van der Waals surface area contributed by atoms with Crippen molar-refractivity contribution in [2.45, 2.75) is 44.6 Å². The van der Waals surface area contributed by atoms with Crippen molar-refractivity contribution in [1.82, 2.24) is 4.90 Å². The van der Waals surface area contributed by atoms with Crippen LogP contribution in [0.1, 0.15) is 59.6 Å². The number of amides is 1. The second kappa shape index (κ2) is 10.8. The van der Waals surface area contributed by atoms with Crippen molar-refractivity contribution >= 4 is 11.9 Å². The molecule has 1 fully saturated rings. The number of nitrogens with zero attached hydrogens (tertiary/aromatic N) is 1. The van der Waals surface area contributed by atoms with E-state index in [0.29, 0.717) is 36.0 Å². The van der Waals surface area contributed by atoms with Crippen LogP contribution in [0.25, 0.3) is 0 Å². The molecule has 0 N–H and O–H groups in total. The van der Waals surface area contributed by atoms with E-state index >= 15 is 0 Å². The van der Waals surface area contributed by atoms with Crippen LogP contribution in [0, 0.1) is 5.92 Å². The third-order valence-corrected chi connectivity index (χ3v) is 6.92. The number of hydrogen-bond donors (Lipinski definition) is 0. The van der Waals surface area contributed by atoms with Gasteiger partial charge in [-0.2, -0.15) is 0 Å². The minimum atomic E-state index is -0.391. The summed E-state index contributed by atoms with van der Waals surface area (Å²) in [6.45, 7) is 0.950. The van der Waals surface area contributed by atoms with Gasteiger partial charge in [-0.3, -0.25) is 4.79 Å². The van der Waals surface area contributed by atoms with Crippen LogP contribution >= 0.6 is 0 Å². The third kappa shape index (κ3) is 4.98. The van der Waals surface area contributed by atoms with Crippen molar-refractivity contribution < 1.29 is 28.5 Å². The molecule has 2 aromatic carbocycles. The first-order valence-corrected chi connectivity index (χ1v) is 11.9. The van der Waals surface area contributed by atoms with Crippen LogP contribution in [-0.2, 0) is 16.0 Å². The maximum atomic E-state index is 13.6. The minimum Gasteiger partial charge on any atom is -0.493 e. The lowest BCUT2D eigenvalue weighted by Crippen LogP contribution is -2.45. The van der Waals surface area contributed by atoms with Gasteiger partial charge < -0.3 is 23.8 Å². The second-order valence-electron chi connectivity index (χ2n) is 8.87. The Morgan fingerprint density at radius 2 is 1.62 bits per heavy atom. The molecule has 2 aliphatic rings. The molecule has 0 bridgehead atoms. The topological polar surface area (TPSA) is 74.3 Å². The summed E-state index contributed by atoms with van der Waals surface area (Å²) in [5, 5.41) is 0. The quantitative estimate of drug-likeness (QED) is 0.555. The standard InChI is InChI=1S/C27H33NO6/c1-31-24-15-20-13-14-28(26(29)18-7-5-4-6-8-18)23(22(20)16-25(24)32-2)17-34-21-11-9-19(10-12-21)27(30)33-3/h9-12,15-16,18,23H,4-8,13-14,17H2,1-3H3. The van der Waals surface area contributed by atoms with Gasteiger partial charge in [-0.25, -0.2) is 4.79 Å². The molecule has 1 amide bonds. The van der Waals surface area contributed by atoms with Crippen molar-refractivity contribution in [2.75, 3.05) is 34.5 Å². The molecule has 1 aliphatic carbocycles. The highest BCUT2D eigenvalue weighted by atomic mass is 16.5. The Morgan fingerprint density at radius 3 is 2.26 bits per heavy atom. The summed E-state index contributed by atoms with van der Waals surface area (Å²) < 4.78 is 22.0. The lowest BCUT2D eigenvalue weighted by molar-refractivity contribution is -0.140. The molecule has 0 spiro atoms. The Kier molecular flexibility index (Phi) is 7.60. The number of ether oxygens (including phenoxy) is 4. The SMILES string of the molecule is COC(=O)c1ccc(OCC2c3cc(OC)c(OC)cc3CCN2C(=O)C2CCCCC2)cc1. The fourth-order valence-electron chi connectivity index (χ4n) is 5.04. The summed E-state index contributed by atoms with van der Waals surface area (Å²) in [7, 11) is 4.60. The van der Waals surface area contributed by atoms with E-state index in [1.54, 1.807) is 38.5 Å². The van der Waals surface area contributed by atoms with Gasteiger partial charge in [-0.05, 0) is 66.8 Å². The zero-order valence-corrected chi connectivity index (χ0v) is 20.2. The highest BCUT2D eigenvalue weighted by molar-refractivity contribution is 5.89. The van der Waals surface area contributed by atoms with E-state index in [0.717, 1.165) is 43.2 Å². The van der Waals surface area contributed by atoms with Crippen molar-refractivity contribution in [1.29, 1.82) is 0 Å². The van der Waals surface area contributed by atoms with Crippen LogP contribution in [0.3, 0.4) is 0 Å². The first-order valence-electron chi connectivity index (χ1n) is 11.9. The predicted molar refractivity (Wildman–Crippen MR) is 128 cm³/mol. The van der Waals surface area contributed by atoms with Crippen molar-refractivity contribution in [3.05, 3.63) is 53.1 Å². The Hall–Kier alpha value is -3.22. The molecule has 34 heavy (non-hydrogen) atoms. The normalized spacial score (nSPS) is 18.1. The molecule has 0 aromatic heterocycles. The summed E-state index contributed by atoms with van der Waals surface area (Å²) in [6, 6.07) is 10.6. The molecular formula is C27H33NO6. The van der Waals surface area contributed by atoms with E-state index in [-0.39, 0.29) is 17.9 Å². The molecule has 1 atom stereocenters. The molecule has 182 valence electrons. The van der Waals surface area contributed by atoms with Crippen LogP contribution < -0.4 is 14.2 Å². The Morgan fingerprint density at radius 1 is 0.941 bits per heavy atom. The van der Waals surface area contributed by atoms with Crippen molar-refractivity contribution in [3.8, 4) is 17.2 Å². The summed E-state index contributed by atoms with van der Waals surface area (Å²) in [5.74, 6) is 1.86. The predicted octanol–water partition coefficient (Wildman–Crippen LogP) is 4.58. The Balaban J connectivity index is 1.61. The second-order valence-corrected chi connectivity index (χ2v) is 8.87. The van der Waals surface area contributed by atoms with Gasteiger partial charge in [0.15, 0.2) is 11.5 Å². The van der Waals surface area contributed by atoms with E-state index in [2.05, 4.69) is 0 Å². The van der Waals surface area contributed by atoms with Crippen LogP contribution in [-0.4, -0.2) is 51.3 Å². The van der Waals surface area contributed by atoms with Gasteiger partial charge in [-0.15, -0.1) is 0 Å². The number of carbonyl (C=O) groups excluding carboxylic acids is 2. The average Bonchev–Trinajstić information content (AvgIpc) is 2.90. The highest BCUT2D eigenvalue weighted by Crippen LogP contribution is 2.40. The number of methoxy groups -OCH3 is 3. The zero-order valence-electron chi connectivity index (χ0n) is 20.2. The van der Waals surface area contributed by atoms with Crippen LogP contribution in [0.4, 0.5) is 0 Å². The van der Waals surface area contributed by atoms with E-state index in [9.17, 15) is 9.59 Å². The summed E-state index contributed by atoms with van der Waals surface area (Å²) >= 11 is 0. The first kappa shape index (κ1) is 23.9. The van der Waals surface area contributed by atoms with Crippen molar-refractivity contribution in [3.63, 3.8) is 0 Å². The van der Waals surface area contributed by atoms with E-state index in [4.69, 9.17) is 18.9 Å². The van der Waals surface area contributed by atoms with Gasteiger partial charge in [0.1, 0.15) is 12.4 Å². The highest BCUT2D eigenvalue weighted by Gasteiger charge is 2.36. The van der Waals surface area contributed by atoms with Gasteiger partial charge in [0.05, 0.1) is 32.9 Å². The van der Waals surface area contributed by atoms with Gasteiger partial charge in [0.2, 0.25) is 5.91 Å². The molecule has 1 saturated carbocycles. The van der Waals surface area contributed by atoms with E-state index in [1.165, 1.54) is 13.5 Å². The largest absolute Gasteiger partial charge is 0.493 e.